The van der Waals surface area contributed by atoms with Crippen molar-refractivity contribution in [2.75, 3.05) is 12.9 Å². The summed E-state index contributed by atoms with van der Waals surface area (Å²) in [5.41, 5.74) is 5.59. The van der Waals surface area contributed by atoms with E-state index in [4.69, 9.17) is 4.74 Å². The van der Waals surface area contributed by atoms with Crippen molar-refractivity contribution in [3.05, 3.63) is 90.2 Å². The lowest BCUT2D eigenvalue weighted by Crippen LogP contribution is -2.21. The number of amides is 1. The molecule has 3 aromatic carbocycles. The average Bonchev–Trinajstić information content (AvgIpc) is 3.31. The van der Waals surface area contributed by atoms with E-state index in [1.807, 2.05) is 59.2 Å². The molecule has 0 saturated carbocycles. The minimum atomic E-state index is -0.326. The molecule has 1 heterocycles. The normalized spacial score (nSPS) is 11.3. The van der Waals surface area contributed by atoms with Crippen molar-refractivity contribution in [3.63, 3.8) is 0 Å². The van der Waals surface area contributed by atoms with Crippen molar-refractivity contribution in [2.45, 2.75) is 12.1 Å². The fraction of sp³-hybridized carbons (Fsp3) is 0.120. The van der Waals surface area contributed by atoms with Gasteiger partial charge in [0.1, 0.15) is 11.6 Å². The second-order valence-corrected chi connectivity index (χ2v) is 8.18. The van der Waals surface area contributed by atoms with Gasteiger partial charge < -0.3 is 4.74 Å². The van der Waals surface area contributed by atoms with Crippen LogP contribution >= 0.6 is 11.8 Å². The summed E-state index contributed by atoms with van der Waals surface area (Å²) >= 11 is 1.25. The van der Waals surface area contributed by atoms with E-state index in [0.29, 0.717) is 16.7 Å². The average molecular weight is 476 g/mol. The summed E-state index contributed by atoms with van der Waals surface area (Å²) in [7, 11) is 1.61. The summed E-state index contributed by atoms with van der Waals surface area (Å²) in [5.74, 6) is 0.869. The molecule has 0 atom stereocenters. The van der Waals surface area contributed by atoms with E-state index in [0.717, 1.165) is 22.6 Å². The molecular weight excluding hydrogens is 453 g/mol. The number of hydrogen-bond acceptors (Lipinski definition) is 6. The standard InChI is InChI=1S/C25H22FN5O2S/c1-17(18-8-10-20(26)11-9-18)27-28-23(32)16-34-25-30-29-24(19-6-4-3-5-7-19)31(25)21-12-14-22(33-2)15-13-21/h3-15H,16H2,1-2H3,(H,28,32)/b27-17+. The molecule has 172 valence electrons. The number of thioether (sulfide) groups is 1. The van der Waals surface area contributed by atoms with Crippen molar-refractivity contribution < 1.29 is 13.9 Å². The van der Waals surface area contributed by atoms with Gasteiger partial charge in [-0.1, -0.05) is 54.2 Å². The Morgan fingerprint density at radius 1 is 1.03 bits per heavy atom. The minimum Gasteiger partial charge on any atom is -0.497 e. The van der Waals surface area contributed by atoms with Gasteiger partial charge in [0.2, 0.25) is 0 Å². The van der Waals surface area contributed by atoms with E-state index in [-0.39, 0.29) is 17.5 Å². The maximum absolute atomic E-state index is 13.1. The van der Waals surface area contributed by atoms with E-state index in [1.54, 1.807) is 26.2 Å². The van der Waals surface area contributed by atoms with E-state index < -0.39 is 0 Å². The van der Waals surface area contributed by atoms with Crippen molar-refractivity contribution in [1.82, 2.24) is 20.2 Å². The van der Waals surface area contributed by atoms with Crippen LogP contribution in [0.2, 0.25) is 0 Å². The highest BCUT2D eigenvalue weighted by atomic mass is 32.2. The van der Waals surface area contributed by atoms with Gasteiger partial charge in [-0.2, -0.15) is 5.10 Å². The molecule has 7 nitrogen and oxygen atoms in total. The van der Waals surface area contributed by atoms with Crippen LogP contribution in [0.4, 0.5) is 4.39 Å². The van der Waals surface area contributed by atoms with Gasteiger partial charge in [-0.3, -0.25) is 9.36 Å². The fourth-order valence-corrected chi connectivity index (χ4v) is 3.91. The first-order valence-corrected chi connectivity index (χ1v) is 11.4. The van der Waals surface area contributed by atoms with Gasteiger partial charge >= 0.3 is 0 Å². The predicted molar refractivity (Wildman–Crippen MR) is 131 cm³/mol. The van der Waals surface area contributed by atoms with Crippen LogP contribution in [0.1, 0.15) is 12.5 Å². The number of rotatable bonds is 8. The molecule has 0 aliphatic rings. The second kappa shape index (κ2) is 10.8. The van der Waals surface area contributed by atoms with Gasteiger partial charge in [0.15, 0.2) is 11.0 Å². The van der Waals surface area contributed by atoms with Gasteiger partial charge in [0.25, 0.3) is 5.91 Å². The first-order chi connectivity index (χ1) is 16.5. The first kappa shape index (κ1) is 23.2. The molecule has 4 aromatic rings. The SMILES string of the molecule is COc1ccc(-n2c(SCC(=O)N/N=C(\C)c3ccc(F)cc3)nnc2-c2ccccc2)cc1. The Balaban J connectivity index is 1.52. The molecule has 0 saturated heterocycles. The molecule has 1 amide bonds. The number of carbonyl (C=O) groups is 1. The lowest BCUT2D eigenvalue weighted by atomic mass is 10.1. The molecule has 0 aliphatic carbocycles. The molecule has 0 aliphatic heterocycles. The third-order valence-corrected chi connectivity index (χ3v) is 5.87. The summed E-state index contributed by atoms with van der Waals surface area (Å²) in [6.45, 7) is 1.74. The number of carbonyl (C=O) groups excluding carboxylic acids is 1. The third-order valence-electron chi connectivity index (χ3n) is 4.94. The number of nitrogens with zero attached hydrogens (tertiary/aromatic N) is 4. The number of benzene rings is 3. The molecule has 0 radical (unpaired) electrons. The molecule has 0 fully saturated rings. The van der Waals surface area contributed by atoms with Gasteiger partial charge in [0, 0.05) is 11.3 Å². The lowest BCUT2D eigenvalue weighted by Gasteiger charge is -2.11. The molecule has 0 spiro atoms. The fourth-order valence-electron chi connectivity index (χ4n) is 3.17. The highest BCUT2D eigenvalue weighted by molar-refractivity contribution is 7.99. The molecule has 1 aromatic heterocycles. The highest BCUT2D eigenvalue weighted by Crippen LogP contribution is 2.28. The Morgan fingerprint density at radius 2 is 1.74 bits per heavy atom. The maximum atomic E-state index is 13.1. The molecule has 1 N–H and O–H groups in total. The van der Waals surface area contributed by atoms with Crippen LogP contribution < -0.4 is 10.2 Å². The van der Waals surface area contributed by atoms with Crippen molar-refractivity contribution in [1.29, 1.82) is 0 Å². The zero-order valence-corrected chi connectivity index (χ0v) is 19.4. The van der Waals surface area contributed by atoms with Gasteiger partial charge in [-0.25, -0.2) is 9.82 Å². The minimum absolute atomic E-state index is 0.0866. The van der Waals surface area contributed by atoms with Crippen molar-refractivity contribution in [2.24, 2.45) is 5.10 Å². The Labute approximate surface area is 200 Å². The summed E-state index contributed by atoms with van der Waals surface area (Å²) in [6.07, 6.45) is 0. The van der Waals surface area contributed by atoms with Gasteiger partial charge in [-0.05, 0) is 48.9 Å². The summed E-state index contributed by atoms with van der Waals surface area (Å²) in [5, 5.41) is 13.4. The third kappa shape index (κ3) is 5.49. The zero-order valence-electron chi connectivity index (χ0n) is 18.6. The molecule has 0 unspecified atom stereocenters. The second-order valence-electron chi connectivity index (χ2n) is 7.23. The van der Waals surface area contributed by atoms with Crippen LogP contribution in [0.5, 0.6) is 5.75 Å². The van der Waals surface area contributed by atoms with E-state index in [1.165, 1.54) is 23.9 Å². The molecular formula is C25H22FN5O2S. The van der Waals surface area contributed by atoms with Crippen LogP contribution in [0.15, 0.2) is 89.1 Å². The predicted octanol–water partition coefficient (Wildman–Crippen LogP) is 4.71. The molecule has 9 heteroatoms. The Kier molecular flexibility index (Phi) is 7.34. The Morgan fingerprint density at radius 3 is 2.41 bits per heavy atom. The van der Waals surface area contributed by atoms with Gasteiger partial charge in [0.05, 0.1) is 18.6 Å². The van der Waals surface area contributed by atoms with Crippen molar-refractivity contribution >= 4 is 23.4 Å². The Hall–Kier alpha value is -3.98. The number of methoxy groups -OCH3 is 1. The van der Waals surface area contributed by atoms with Crippen molar-refractivity contribution in [3.8, 4) is 22.8 Å². The highest BCUT2D eigenvalue weighted by Gasteiger charge is 2.17. The lowest BCUT2D eigenvalue weighted by molar-refractivity contribution is -0.118. The quantitative estimate of drug-likeness (QED) is 0.227. The van der Waals surface area contributed by atoms with Crippen LogP contribution in [-0.4, -0.2) is 39.2 Å². The number of halogens is 1. The van der Waals surface area contributed by atoms with Crippen LogP contribution in [0.3, 0.4) is 0 Å². The number of hydrogen-bond donors (Lipinski definition) is 1. The zero-order chi connectivity index (χ0) is 23.9. The summed E-state index contributed by atoms with van der Waals surface area (Å²) in [6, 6.07) is 23.2. The smallest absolute Gasteiger partial charge is 0.250 e. The molecule has 34 heavy (non-hydrogen) atoms. The number of aromatic nitrogens is 3. The molecule has 4 rings (SSSR count). The molecule has 0 bridgehead atoms. The number of ether oxygens (including phenoxy) is 1. The topological polar surface area (TPSA) is 81.4 Å². The summed E-state index contributed by atoms with van der Waals surface area (Å²) < 4.78 is 20.3. The first-order valence-electron chi connectivity index (χ1n) is 10.4. The van der Waals surface area contributed by atoms with Gasteiger partial charge in [-0.15, -0.1) is 10.2 Å². The van der Waals surface area contributed by atoms with E-state index in [2.05, 4.69) is 20.7 Å². The van der Waals surface area contributed by atoms with E-state index >= 15 is 0 Å². The largest absolute Gasteiger partial charge is 0.497 e. The maximum Gasteiger partial charge on any atom is 0.250 e. The number of hydrazone groups is 1. The van der Waals surface area contributed by atoms with Crippen LogP contribution in [0.25, 0.3) is 17.1 Å². The Bertz CT molecular complexity index is 1290. The van der Waals surface area contributed by atoms with Crippen LogP contribution in [-0.2, 0) is 4.79 Å². The van der Waals surface area contributed by atoms with Crippen LogP contribution in [0, 0.1) is 5.82 Å². The number of nitrogens with one attached hydrogen (secondary N) is 1. The summed E-state index contributed by atoms with van der Waals surface area (Å²) in [4.78, 5) is 12.4. The van der Waals surface area contributed by atoms with E-state index in [9.17, 15) is 9.18 Å². The monoisotopic (exact) mass is 475 g/mol.